The summed E-state index contributed by atoms with van der Waals surface area (Å²) in [4.78, 5) is 11.9. The molecule has 2 aromatic carbocycles. The van der Waals surface area contributed by atoms with Crippen molar-refractivity contribution in [2.75, 3.05) is 20.2 Å². The van der Waals surface area contributed by atoms with Gasteiger partial charge in [-0.25, -0.2) is 0 Å². The van der Waals surface area contributed by atoms with Crippen molar-refractivity contribution < 1.29 is 14.8 Å². The number of hydrogen-bond donors (Lipinski definition) is 2. The van der Waals surface area contributed by atoms with Crippen LogP contribution in [0.1, 0.15) is 24.1 Å². The average Bonchev–Trinajstić information content (AvgIpc) is 2.61. The number of carbonyl (C=O) groups is 1. The van der Waals surface area contributed by atoms with E-state index < -0.39 is 0 Å². The van der Waals surface area contributed by atoms with Crippen LogP contribution in [0, 0.1) is 0 Å². The molecule has 0 saturated heterocycles. The first-order valence-corrected chi connectivity index (χ1v) is 8.44. The maximum Gasteiger partial charge on any atom is 0.275 e. The molecular formula is C19H24ClN2O2+. The molecule has 0 heterocycles. The average molecular weight is 348 g/mol. The van der Waals surface area contributed by atoms with Crippen LogP contribution >= 0.6 is 11.6 Å². The summed E-state index contributed by atoms with van der Waals surface area (Å²) in [5.41, 5.74) is 2.33. The second-order valence-electron chi connectivity index (χ2n) is 5.73. The largest absolute Gasteiger partial charge is 0.497 e. The van der Waals surface area contributed by atoms with Gasteiger partial charge in [-0.1, -0.05) is 35.9 Å². The third kappa shape index (κ3) is 5.87. The van der Waals surface area contributed by atoms with Crippen LogP contribution < -0.4 is 15.4 Å². The molecule has 1 atom stereocenters. The molecule has 0 fully saturated rings. The molecule has 128 valence electrons. The molecule has 0 radical (unpaired) electrons. The number of hydrogen-bond acceptors (Lipinski definition) is 2. The Morgan fingerprint density at radius 1 is 1.17 bits per heavy atom. The summed E-state index contributed by atoms with van der Waals surface area (Å²) in [5.74, 6) is 0.887. The highest BCUT2D eigenvalue weighted by Gasteiger charge is 2.11. The van der Waals surface area contributed by atoms with Gasteiger partial charge in [0.25, 0.3) is 5.91 Å². The Balaban J connectivity index is 1.68. The van der Waals surface area contributed by atoms with Gasteiger partial charge in [-0.3, -0.25) is 4.79 Å². The topological polar surface area (TPSA) is 54.9 Å². The van der Waals surface area contributed by atoms with Gasteiger partial charge in [0.15, 0.2) is 6.54 Å². The molecule has 0 saturated carbocycles. The molecule has 1 amide bonds. The van der Waals surface area contributed by atoms with Crippen molar-refractivity contribution in [3.63, 3.8) is 0 Å². The molecule has 0 bridgehead atoms. The first-order chi connectivity index (χ1) is 11.6. The van der Waals surface area contributed by atoms with E-state index in [2.05, 4.69) is 12.2 Å². The molecule has 0 aromatic heterocycles. The summed E-state index contributed by atoms with van der Waals surface area (Å²) >= 11 is 5.89. The number of nitrogens with two attached hydrogens (primary N) is 1. The Labute approximate surface area is 148 Å². The maximum absolute atomic E-state index is 11.9. The van der Waals surface area contributed by atoms with Crippen LogP contribution in [0.2, 0.25) is 5.02 Å². The zero-order chi connectivity index (χ0) is 17.4. The summed E-state index contributed by atoms with van der Waals surface area (Å²) < 4.78 is 5.13. The molecule has 0 spiro atoms. The third-order valence-corrected chi connectivity index (χ3v) is 4.20. The van der Waals surface area contributed by atoms with E-state index in [1.54, 1.807) is 7.11 Å². The molecule has 3 N–H and O–H groups in total. The van der Waals surface area contributed by atoms with Crippen LogP contribution in [0.3, 0.4) is 0 Å². The zero-order valence-electron chi connectivity index (χ0n) is 14.1. The van der Waals surface area contributed by atoms with Gasteiger partial charge in [0.2, 0.25) is 0 Å². The number of methoxy groups -OCH3 is 1. The van der Waals surface area contributed by atoms with Crippen molar-refractivity contribution in [1.29, 1.82) is 0 Å². The highest BCUT2D eigenvalue weighted by molar-refractivity contribution is 6.30. The normalized spacial score (nSPS) is 11.8. The summed E-state index contributed by atoms with van der Waals surface area (Å²) in [7, 11) is 1.65. The van der Waals surface area contributed by atoms with Gasteiger partial charge in [0, 0.05) is 17.1 Å². The Hall–Kier alpha value is -2.04. The van der Waals surface area contributed by atoms with Gasteiger partial charge in [-0.2, -0.15) is 0 Å². The lowest BCUT2D eigenvalue weighted by Gasteiger charge is -2.11. The number of benzene rings is 2. The minimum absolute atomic E-state index is 0.0457. The number of rotatable bonds is 8. The molecule has 0 aliphatic heterocycles. The predicted molar refractivity (Wildman–Crippen MR) is 96.4 cm³/mol. The van der Waals surface area contributed by atoms with E-state index in [1.807, 2.05) is 53.8 Å². The van der Waals surface area contributed by atoms with Gasteiger partial charge < -0.3 is 15.4 Å². The summed E-state index contributed by atoms with van der Waals surface area (Å²) in [6, 6.07) is 15.8. The lowest BCUT2D eigenvalue weighted by Crippen LogP contribution is -2.87. The first-order valence-electron chi connectivity index (χ1n) is 8.07. The van der Waals surface area contributed by atoms with Gasteiger partial charge in [0.1, 0.15) is 11.8 Å². The van der Waals surface area contributed by atoms with Crippen LogP contribution in [0.25, 0.3) is 0 Å². The second kappa shape index (κ2) is 9.30. The second-order valence-corrected chi connectivity index (χ2v) is 6.16. The lowest BCUT2D eigenvalue weighted by atomic mass is 10.1. The van der Waals surface area contributed by atoms with Crippen molar-refractivity contribution in [1.82, 2.24) is 5.32 Å². The van der Waals surface area contributed by atoms with E-state index in [-0.39, 0.29) is 11.9 Å². The minimum atomic E-state index is 0.0457. The van der Waals surface area contributed by atoms with Crippen molar-refractivity contribution in [2.24, 2.45) is 0 Å². The molecule has 5 heteroatoms. The molecule has 0 aliphatic carbocycles. The van der Waals surface area contributed by atoms with E-state index in [9.17, 15) is 4.79 Å². The van der Waals surface area contributed by atoms with Gasteiger partial charge >= 0.3 is 0 Å². The number of quaternary nitrogens is 1. The summed E-state index contributed by atoms with van der Waals surface area (Å²) in [5, 5.41) is 5.70. The van der Waals surface area contributed by atoms with Crippen molar-refractivity contribution in [2.45, 2.75) is 19.4 Å². The Morgan fingerprint density at radius 3 is 2.46 bits per heavy atom. The van der Waals surface area contributed by atoms with E-state index in [1.165, 1.54) is 5.56 Å². The van der Waals surface area contributed by atoms with E-state index >= 15 is 0 Å². The van der Waals surface area contributed by atoms with Gasteiger partial charge in [-0.15, -0.1) is 0 Å². The number of amides is 1. The fourth-order valence-electron chi connectivity index (χ4n) is 2.40. The van der Waals surface area contributed by atoms with Crippen molar-refractivity contribution in [3.8, 4) is 5.75 Å². The lowest BCUT2D eigenvalue weighted by molar-refractivity contribution is -0.682. The summed E-state index contributed by atoms with van der Waals surface area (Å²) in [6.45, 7) is 3.12. The maximum atomic E-state index is 11.9. The number of carbonyl (C=O) groups excluding carboxylic acids is 1. The fraction of sp³-hybridized carbons (Fsp3) is 0.316. The quantitative estimate of drug-likeness (QED) is 0.770. The number of ether oxygens (including phenoxy) is 1. The monoisotopic (exact) mass is 347 g/mol. The predicted octanol–water partition coefficient (Wildman–Crippen LogP) is 2.33. The Kier molecular flexibility index (Phi) is 7.09. The highest BCUT2D eigenvalue weighted by atomic mass is 35.5. The van der Waals surface area contributed by atoms with Crippen molar-refractivity contribution in [3.05, 3.63) is 64.7 Å². The fourth-order valence-corrected chi connectivity index (χ4v) is 2.52. The summed E-state index contributed by atoms with van der Waals surface area (Å²) in [6.07, 6.45) is 0.808. The molecule has 0 unspecified atom stereocenters. The zero-order valence-corrected chi connectivity index (χ0v) is 14.8. The van der Waals surface area contributed by atoms with E-state index in [0.29, 0.717) is 13.1 Å². The van der Waals surface area contributed by atoms with E-state index in [4.69, 9.17) is 16.3 Å². The molecule has 2 rings (SSSR count). The number of halogens is 1. The van der Waals surface area contributed by atoms with Crippen LogP contribution in [-0.2, 0) is 11.2 Å². The van der Waals surface area contributed by atoms with Crippen LogP contribution in [0.5, 0.6) is 5.75 Å². The molecule has 24 heavy (non-hydrogen) atoms. The standard InChI is InChI=1S/C19H23ClN2O2/c1-14(16-5-7-17(20)8-6-16)22-13-19(23)21-12-11-15-3-9-18(24-2)10-4-15/h3-10,14,22H,11-13H2,1-2H3,(H,21,23)/p+1/t14-/m0/s1. The van der Waals surface area contributed by atoms with Crippen molar-refractivity contribution >= 4 is 17.5 Å². The minimum Gasteiger partial charge on any atom is -0.497 e. The first kappa shape index (κ1) is 18.3. The molecule has 2 aromatic rings. The SMILES string of the molecule is COc1ccc(CCNC(=O)C[NH2+][C@@H](C)c2ccc(Cl)cc2)cc1. The van der Waals surface area contributed by atoms with Crippen LogP contribution in [-0.4, -0.2) is 26.1 Å². The van der Waals surface area contributed by atoms with Crippen LogP contribution in [0.15, 0.2) is 48.5 Å². The third-order valence-electron chi connectivity index (χ3n) is 3.95. The van der Waals surface area contributed by atoms with Gasteiger partial charge in [-0.05, 0) is 43.2 Å². The molecule has 0 aliphatic rings. The number of nitrogens with one attached hydrogen (secondary N) is 1. The molecular weight excluding hydrogens is 324 g/mol. The Bertz CT molecular complexity index is 641. The Morgan fingerprint density at radius 2 is 1.83 bits per heavy atom. The van der Waals surface area contributed by atoms with Gasteiger partial charge in [0.05, 0.1) is 7.11 Å². The highest BCUT2D eigenvalue weighted by Crippen LogP contribution is 2.13. The smallest absolute Gasteiger partial charge is 0.275 e. The van der Waals surface area contributed by atoms with E-state index in [0.717, 1.165) is 22.8 Å². The van der Waals surface area contributed by atoms with Crippen LogP contribution in [0.4, 0.5) is 0 Å². The molecule has 4 nitrogen and oxygen atoms in total.